The minimum atomic E-state index is -1.03. The van der Waals surface area contributed by atoms with E-state index in [4.69, 9.17) is 4.99 Å². The van der Waals surface area contributed by atoms with E-state index >= 15 is 0 Å². The second-order valence-electron chi connectivity index (χ2n) is 6.82. The Bertz CT molecular complexity index is 459. The Morgan fingerprint density at radius 3 is 2.45 bits per heavy atom. The van der Waals surface area contributed by atoms with Crippen LogP contribution in [0.4, 0.5) is 5.69 Å². The third-order valence-corrected chi connectivity index (χ3v) is 8.11. The number of benzene rings is 1. The fourth-order valence-corrected chi connectivity index (χ4v) is 7.84. The summed E-state index contributed by atoms with van der Waals surface area (Å²) in [6.07, 6.45) is 6.45. The molecule has 0 heterocycles. The van der Waals surface area contributed by atoms with E-state index in [9.17, 15) is 0 Å². The molecule has 20 heavy (non-hydrogen) atoms. The van der Waals surface area contributed by atoms with Crippen molar-refractivity contribution in [2.75, 3.05) is 0 Å². The molecule has 0 radical (unpaired) electrons. The Kier molecular flexibility index (Phi) is 5.50. The fourth-order valence-electron chi connectivity index (χ4n) is 2.67. The molecule has 0 spiro atoms. The van der Waals surface area contributed by atoms with Gasteiger partial charge in [0.05, 0.1) is 5.69 Å². The van der Waals surface area contributed by atoms with E-state index in [-0.39, 0.29) is 0 Å². The Labute approximate surface area is 128 Å². The van der Waals surface area contributed by atoms with Gasteiger partial charge < -0.3 is 0 Å². The largest absolute Gasteiger partial charge is 0.258 e. The van der Waals surface area contributed by atoms with Crippen LogP contribution < -0.4 is 0 Å². The van der Waals surface area contributed by atoms with Crippen LogP contribution in [0.25, 0.3) is 0 Å². The van der Waals surface area contributed by atoms with Gasteiger partial charge in [-0.25, -0.2) is 0 Å². The van der Waals surface area contributed by atoms with Crippen LogP contribution in [0.1, 0.15) is 37.7 Å². The third-order valence-electron chi connectivity index (χ3n) is 3.55. The average Bonchev–Trinajstić information content (AvgIpc) is 2.55. The van der Waals surface area contributed by atoms with E-state index < -0.39 is 7.22 Å². The average molecular weight is 306 g/mol. The fraction of sp³-hybridized carbons (Fsp3) is 0.588. The number of rotatable bonds is 3. The SMILES string of the molecule is Cc1ccc(N=C2CCCCC(S[Si](C)(C)C)C2)cc1. The van der Waals surface area contributed by atoms with Crippen molar-refractivity contribution in [2.24, 2.45) is 4.99 Å². The molecule has 1 aliphatic rings. The zero-order chi connectivity index (χ0) is 14.6. The maximum atomic E-state index is 4.92. The predicted molar refractivity (Wildman–Crippen MR) is 96.1 cm³/mol. The molecule has 1 aromatic rings. The highest BCUT2D eigenvalue weighted by molar-refractivity contribution is 8.29. The van der Waals surface area contributed by atoms with Gasteiger partial charge in [-0.2, -0.15) is 11.2 Å². The molecule has 110 valence electrons. The topological polar surface area (TPSA) is 12.4 Å². The summed E-state index contributed by atoms with van der Waals surface area (Å²) < 4.78 is 0. The van der Waals surface area contributed by atoms with Crippen molar-refractivity contribution < 1.29 is 0 Å². The predicted octanol–water partition coefficient (Wildman–Crippen LogP) is 5.97. The van der Waals surface area contributed by atoms with Crippen molar-refractivity contribution >= 4 is 29.8 Å². The van der Waals surface area contributed by atoms with E-state index in [0.717, 1.165) is 10.9 Å². The molecule has 2 rings (SSSR count). The van der Waals surface area contributed by atoms with Crippen LogP contribution in [0.5, 0.6) is 0 Å². The lowest BCUT2D eigenvalue weighted by Crippen LogP contribution is -2.21. The minimum absolute atomic E-state index is 0.799. The summed E-state index contributed by atoms with van der Waals surface area (Å²) in [5.41, 5.74) is 3.85. The number of hydrogen-bond donors (Lipinski definition) is 0. The van der Waals surface area contributed by atoms with E-state index in [2.05, 4.69) is 62.0 Å². The summed E-state index contributed by atoms with van der Waals surface area (Å²) in [5, 5.41) is 0.799. The van der Waals surface area contributed by atoms with Gasteiger partial charge in [-0.15, -0.1) is 0 Å². The van der Waals surface area contributed by atoms with Crippen molar-refractivity contribution in [1.82, 2.24) is 0 Å². The molecule has 1 unspecified atom stereocenters. The Balaban J connectivity index is 2.08. The lowest BCUT2D eigenvalue weighted by atomic mass is 10.1. The molecule has 1 saturated carbocycles. The second-order valence-corrected chi connectivity index (χ2v) is 16.3. The summed E-state index contributed by atoms with van der Waals surface area (Å²) >= 11 is 2.27. The van der Waals surface area contributed by atoms with Crippen LogP contribution in [-0.2, 0) is 0 Å². The van der Waals surface area contributed by atoms with Gasteiger partial charge in [0, 0.05) is 11.0 Å². The zero-order valence-corrected chi connectivity index (χ0v) is 15.1. The number of hydrogen-bond acceptors (Lipinski definition) is 2. The van der Waals surface area contributed by atoms with Gasteiger partial charge in [0.1, 0.15) is 7.22 Å². The first kappa shape index (κ1) is 15.8. The van der Waals surface area contributed by atoms with Gasteiger partial charge >= 0.3 is 0 Å². The smallest absolute Gasteiger partial charge is 0.108 e. The first-order chi connectivity index (χ1) is 9.42. The highest BCUT2D eigenvalue weighted by Gasteiger charge is 2.24. The van der Waals surface area contributed by atoms with Gasteiger partial charge in [0.25, 0.3) is 0 Å². The van der Waals surface area contributed by atoms with E-state index in [1.165, 1.54) is 43.4 Å². The maximum Gasteiger partial charge on any atom is 0.108 e. The van der Waals surface area contributed by atoms with Crippen LogP contribution in [0.15, 0.2) is 29.3 Å². The Hall–Kier alpha value is -0.543. The van der Waals surface area contributed by atoms with Gasteiger partial charge in [-0.05, 0) is 44.7 Å². The van der Waals surface area contributed by atoms with Crippen molar-refractivity contribution in [1.29, 1.82) is 0 Å². The molecule has 0 aromatic heterocycles. The summed E-state index contributed by atoms with van der Waals surface area (Å²) in [6.45, 7) is 9.50. The molecule has 1 nitrogen and oxygen atoms in total. The minimum Gasteiger partial charge on any atom is -0.258 e. The molecular formula is C17H27NSSi. The van der Waals surface area contributed by atoms with Crippen LogP contribution in [0.2, 0.25) is 19.6 Å². The summed E-state index contributed by atoms with van der Waals surface area (Å²) in [7, 11) is -1.03. The molecule has 0 bridgehead atoms. The maximum absolute atomic E-state index is 4.92. The molecule has 0 aliphatic heterocycles. The molecule has 1 aromatic carbocycles. The lowest BCUT2D eigenvalue weighted by Gasteiger charge is -2.23. The van der Waals surface area contributed by atoms with E-state index in [1.807, 2.05) is 0 Å². The highest BCUT2D eigenvalue weighted by Crippen LogP contribution is 2.33. The van der Waals surface area contributed by atoms with E-state index in [1.54, 1.807) is 0 Å². The standard InChI is InChI=1S/C17H27NSSi/c1-14-9-11-15(12-10-14)18-16-7-5-6-8-17(13-16)19-20(2,3)4/h9-12,17H,5-8,13H2,1-4H3. The van der Waals surface area contributed by atoms with Crippen LogP contribution in [-0.4, -0.2) is 18.2 Å². The van der Waals surface area contributed by atoms with Crippen molar-refractivity contribution in [3.05, 3.63) is 29.8 Å². The van der Waals surface area contributed by atoms with Crippen molar-refractivity contribution in [3.63, 3.8) is 0 Å². The Morgan fingerprint density at radius 2 is 1.80 bits per heavy atom. The van der Waals surface area contributed by atoms with Gasteiger partial charge in [-0.3, -0.25) is 4.99 Å². The molecule has 0 amide bonds. The van der Waals surface area contributed by atoms with Crippen LogP contribution in [0, 0.1) is 6.92 Å². The van der Waals surface area contributed by atoms with Gasteiger partial charge in [-0.1, -0.05) is 43.8 Å². The van der Waals surface area contributed by atoms with Gasteiger partial charge in [0.15, 0.2) is 0 Å². The molecule has 1 fully saturated rings. The zero-order valence-electron chi connectivity index (χ0n) is 13.3. The molecule has 1 aliphatic carbocycles. The van der Waals surface area contributed by atoms with Crippen LogP contribution in [0.3, 0.4) is 0 Å². The quantitative estimate of drug-likeness (QED) is 0.495. The first-order valence-corrected chi connectivity index (χ1v) is 12.8. The van der Waals surface area contributed by atoms with Gasteiger partial charge in [0.2, 0.25) is 0 Å². The highest BCUT2D eigenvalue weighted by atomic mass is 32.4. The summed E-state index contributed by atoms with van der Waals surface area (Å²) in [6, 6.07) is 8.61. The number of nitrogens with zero attached hydrogens (tertiary/aromatic N) is 1. The lowest BCUT2D eigenvalue weighted by molar-refractivity contribution is 0.714. The molecule has 3 heteroatoms. The summed E-state index contributed by atoms with van der Waals surface area (Å²) in [4.78, 5) is 4.92. The molecule has 0 N–H and O–H groups in total. The third kappa shape index (κ3) is 5.45. The number of aryl methyl sites for hydroxylation is 1. The second kappa shape index (κ2) is 6.95. The van der Waals surface area contributed by atoms with Crippen molar-refractivity contribution in [3.8, 4) is 0 Å². The number of aliphatic imine (C=N–C) groups is 1. The first-order valence-electron chi connectivity index (χ1n) is 7.73. The molecular weight excluding hydrogens is 278 g/mol. The molecule has 0 saturated heterocycles. The normalized spacial score (nSPS) is 22.8. The van der Waals surface area contributed by atoms with E-state index in [0.29, 0.717) is 0 Å². The monoisotopic (exact) mass is 305 g/mol. The van der Waals surface area contributed by atoms with Crippen molar-refractivity contribution in [2.45, 2.75) is 63.9 Å². The summed E-state index contributed by atoms with van der Waals surface area (Å²) in [5.74, 6) is 0. The Morgan fingerprint density at radius 1 is 1.10 bits per heavy atom. The molecule has 1 atom stereocenters. The van der Waals surface area contributed by atoms with Crippen LogP contribution >= 0.6 is 11.2 Å².